The molecule has 1 aromatic rings. The van der Waals surface area contributed by atoms with E-state index in [4.69, 9.17) is 0 Å². The summed E-state index contributed by atoms with van der Waals surface area (Å²) in [7, 11) is 0. The van der Waals surface area contributed by atoms with Gasteiger partial charge in [0.1, 0.15) is 0 Å². The summed E-state index contributed by atoms with van der Waals surface area (Å²) in [5.41, 5.74) is 2.76. The third kappa shape index (κ3) is 16.4. The van der Waals surface area contributed by atoms with Crippen LogP contribution in [0.5, 0.6) is 0 Å². The molecule has 2 atom stereocenters. The molecule has 2 N–H and O–H groups in total. The average molecular weight is 557 g/mol. The number of carbonyl (C=O) groups is 2. The Hall–Kier alpha value is -1.84. The molecule has 0 saturated heterocycles. The molecule has 1 aromatic carbocycles. The molecular formula is C36H64N2O2. The molecule has 0 bridgehead atoms. The third-order valence-corrected chi connectivity index (χ3v) is 8.30. The molecule has 0 aliphatic carbocycles. The standard InChI is InChI=1S/C36H64N2O2/c1-6-11-15-17-19-21-25-31(23-13-8-3)35(39)37-33-27-30(10-5)28-34(29-33)38-36(40)32(24-14-9-4)26-22-20-18-16-12-7-2/h27-29,31-32H,6-26H2,1-5H3,(H,37,39)(H,38,40). The molecule has 4 nitrogen and oxygen atoms in total. The minimum Gasteiger partial charge on any atom is -0.326 e. The lowest BCUT2D eigenvalue weighted by Gasteiger charge is -2.19. The van der Waals surface area contributed by atoms with E-state index >= 15 is 0 Å². The maximum absolute atomic E-state index is 13.4. The van der Waals surface area contributed by atoms with Gasteiger partial charge in [0.2, 0.25) is 11.8 Å². The number of nitrogens with one attached hydrogen (secondary N) is 2. The smallest absolute Gasteiger partial charge is 0.227 e. The van der Waals surface area contributed by atoms with Crippen molar-refractivity contribution in [3.63, 3.8) is 0 Å². The molecular weight excluding hydrogens is 492 g/mol. The molecule has 0 aliphatic heterocycles. The van der Waals surface area contributed by atoms with Gasteiger partial charge in [-0.1, -0.05) is 137 Å². The van der Waals surface area contributed by atoms with Crippen LogP contribution in [0.4, 0.5) is 11.4 Å². The van der Waals surface area contributed by atoms with E-state index in [1.165, 1.54) is 64.2 Å². The van der Waals surface area contributed by atoms with Crippen LogP contribution in [-0.4, -0.2) is 11.8 Å². The highest BCUT2D eigenvalue weighted by Gasteiger charge is 2.20. The number of hydrogen-bond donors (Lipinski definition) is 2. The Morgan fingerprint density at radius 1 is 0.500 bits per heavy atom. The van der Waals surface area contributed by atoms with Gasteiger partial charge in [-0.25, -0.2) is 0 Å². The van der Waals surface area contributed by atoms with E-state index in [9.17, 15) is 9.59 Å². The fraction of sp³-hybridized carbons (Fsp3) is 0.778. The highest BCUT2D eigenvalue weighted by atomic mass is 16.2. The molecule has 230 valence electrons. The van der Waals surface area contributed by atoms with Crippen molar-refractivity contribution in [3.05, 3.63) is 23.8 Å². The van der Waals surface area contributed by atoms with Crippen molar-refractivity contribution in [2.24, 2.45) is 11.8 Å². The average Bonchev–Trinajstić information content (AvgIpc) is 2.95. The van der Waals surface area contributed by atoms with Crippen molar-refractivity contribution in [2.45, 2.75) is 169 Å². The topological polar surface area (TPSA) is 58.2 Å². The Bertz CT molecular complexity index is 731. The van der Waals surface area contributed by atoms with E-state index < -0.39 is 0 Å². The monoisotopic (exact) mass is 556 g/mol. The van der Waals surface area contributed by atoms with Crippen LogP contribution in [0.1, 0.15) is 169 Å². The summed E-state index contributed by atoms with van der Waals surface area (Å²) in [5, 5.41) is 6.46. The van der Waals surface area contributed by atoms with Crippen LogP contribution in [0.3, 0.4) is 0 Å². The predicted molar refractivity (Wildman–Crippen MR) is 175 cm³/mol. The van der Waals surface area contributed by atoms with Gasteiger partial charge >= 0.3 is 0 Å². The van der Waals surface area contributed by atoms with E-state index in [1.807, 2.05) is 6.07 Å². The van der Waals surface area contributed by atoms with Crippen molar-refractivity contribution < 1.29 is 9.59 Å². The van der Waals surface area contributed by atoms with Gasteiger partial charge in [-0.2, -0.15) is 0 Å². The van der Waals surface area contributed by atoms with E-state index in [-0.39, 0.29) is 23.7 Å². The number of rotatable bonds is 25. The number of benzene rings is 1. The SMILES string of the molecule is CCCCCCCCC(CCCC)C(=O)Nc1cc(CC)cc(NC(=O)C(CCCC)CCCCCCCC)c1. The summed E-state index contributed by atoms with van der Waals surface area (Å²) in [5.74, 6) is 0.392. The largest absolute Gasteiger partial charge is 0.326 e. The summed E-state index contributed by atoms with van der Waals surface area (Å²) in [6.07, 6.45) is 24.1. The quantitative estimate of drug-likeness (QED) is 0.118. The van der Waals surface area contributed by atoms with E-state index in [0.717, 1.165) is 87.6 Å². The van der Waals surface area contributed by atoms with Crippen LogP contribution in [0.15, 0.2) is 18.2 Å². The Balaban J connectivity index is 2.83. The first kappa shape index (κ1) is 36.2. The zero-order valence-electron chi connectivity index (χ0n) is 27.1. The Labute approximate surface area is 248 Å². The van der Waals surface area contributed by atoms with Crippen molar-refractivity contribution >= 4 is 23.2 Å². The van der Waals surface area contributed by atoms with Gasteiger partial charge in [0.05, 0.1) is 0 Å². The van der Waals surface area contributed by atoms with Crippen LogP contribution in [-0.2, 0) is 16.0 Å². The molecule has 0 aliphatic rings. The second-order valence-corrected chi connectivity index (χ2v) is 12.0. The van der Waals surface area contributed by atoms with Crippen molar-refractivity contribution in [3.8, 4) is 0 Å². The lowest BCUT2D eigenvalue weighted by molar-refractivity contribution is -0.121. The molecule has 0 heterocycles. The number of amides is 2. The van der Waals surface area contributed by atoms with Crippen molar-refractivity contribution in [2.75, 3.05) is 10.6 Å². The zero-order chi connectivity index (χ0) is 29.4. The number of hydrogen-bond acceptors (Lipinski definition) is 2. The molecule has 0 fully saturated rings. The molecule has 40 heavy (non-hydrogen) atoms. The predicted octanol–water partition coefficient (Wildman–Crippen LogP) is 11.2. The second kappa shape index (κ2) is 23.8. The highest BCUT2D eigenvalue weighted by molar-refractivity contribution is 5.96. The second-order valence-electron chi connectivity index (χ2n) is 12.0. The summed E-state index contributed by atoms with van der Waals surface area (Å²) in [6.45, 7) is 11.0. The lowest BCUT2D eigenvalue weighted by atomic mass is 9.93. The van der Waals surface area contributed by atoms with Crippen LogP contribution < -0.4 is 10.6 Å². The number of anilines is 2. The summed E-state index contributed by atoms with van der Waals surface area (Å²) >= 11 is 0. The maximum atomic E-state index is 13.4. The van der Waals surface area contributed by atoms with Gasteiger partial charge in [0.25, 0.3) is 0 Å². The first-order chi connectivity index (χ1) is 19.5. The minimum atomic E-state index is 0.0604. The Morgan fingerprint density at radius 3 is 1.23 bits per heavy atom. The van der Waals surface area contributed by atoms with Crippen molar-refractivity contribution in [1.29, 1.82) is 0 Å². The van der Waals surface area contributed by atoms with Gasteiger partial charge in [-0.15, -0.1) is 0 Å². The molecule has 2 unspecified atom stereocenters. The third-order valence-electron chi connectivity index (χ3n) is 8.30. The molecule has 1 rings (SSSR count). The maximum Gasteiger partial charge on any atom is 0.227 e. The molecule has 0 radical (unpaired) electrons. The van der Waals surface area contributed by atoms with Crippen LogP contribution in [0.2, 0.25) is 0 Å². The first-order valence-electron chi connectivity index (χ1n) is 17.2. The molecule has 0 spiro atoms. The van der Waals surface area contributed by atoms with Crippen molar-refractivity contribution in [1.82, 2.24) is 0 Å². The summed E-state index contributed by atoms with van der Waals surface area (Å²) in [4.78, 5) is 26.7. The van der Waals surface area contributed by atoms with Crippen LogP contribution >= 0.6 is 0 Å². The zero-order valence-corrected chi connectivity index (χ0v) is 27.1. The molecule has 2 amide bonds. The fourth-order valence-electron chi connectivity index (χ4n) is 5.59. The van der Waals surface area contributed by atoms with Gasteiger partial charge in [0, 0.05) is 23.2 Å². The van der Waals surface area contributed by atoms with E-state index in [2.05, 4.69) is 57.4 Å². The molecule has 4 heteroatoms. The number of aryl methyl sites for hydroxylation is 1. The van der Waals surface area contributed by atoms with Gasteiger partial charge < -0.3 is 10.6 Å². The minimum absolute atomic E-state index is 0.0604. The summed E-state index contributed by atoms with van der Waals surface area (Å²) in [6, 6.07) is 6.10. The van der Waals surface area contributed by atoms with Gasteiger partial charge in [-0.3, -0.25) is 9.59 Å². The van der Waals surface area contributed by atoms with Gasteiger partial charge in [0.15, 0.2) is 0 Å². The Kier molecular flexibility index (Phi) is 21.6. The normalized spacial score (nSPS) is 12.7. The summed E-state index contributed by atoms with van der Waals surface area (Å²) < 4.78 is 0. The Morgan fingerprint density at radius 2 is 0.850 bits per heavy atom. The van der Waals surface area contributed by atoms with E-state index in [0.29, 0.717) is 0 Å². The lowest BCUT2D eigenvalue weighted by Crippen LogP contribution is -2.24. The van der Waals surface area contributed by atoms with E-state index in [1.54, 1.807) is 0 Å². The number of unbranched alkanes of at least 4 members (excludes halogenated alkanes) is 12. The first-order valence-corrected chi connectivity index (χ1v) is 17.2. The fourth-order valence-corrected chi connectivity index (χ4v) is 5.59. The van der Waals surface area contributed by atoms with Crippen LogP contribution in [0.25, 0.3) is 0 Å². The van der Waals surface area contributed by atoms with Gasteiger partial charge in [-0.05, 0) is 55.9 Å². The van der Waals surface area contributed by atoms with Crippen LogP contribution in [0, 0.1) is 11.8 Å². The molecule has 0 aromatic heterocycles. The molecule has 0 saturated carbocycles. The highest BCUT2D eigenvalue weighted by Crippen LogP contribution is 2.25. The number of carbonyl (C=O) groups excluding carboxylic acids is 2.